The molecule has 21 heavy (non-hydrogen) atoms. The van der Waals surface area contributed by atoms with E-state index in [4.69, 9.17) is 18.0 Å². The van der Waals surface area contributed by atoms with Gasteiger partial charge in [-0.1, -0.05) is 31.3 Å². The molecule has 2 aromatic rings. The normalized spacial score (nSPS) is 10.4. The minimum Gasteiger partial charge on any atom is -0.389 e. The number of anilines is 2. The summed E-state index contributed by atoms with van der Waals surface area (Å²) >= 11 is 6.81. The van der Waals surface area contributed by atoms with Crippen LogP contribution in [0.1, 0.15) is 18.1 Å². The number of rotatable bonds is 5. The molecular formula is C16H17FN2S2. The third kappa shape index (κ3) is 3.74. The second kappa shape index (κ2) is 6.91. The molecule has 0 radical (unpaired) electrons. The Balaban J connectivity index is 2.43. The lowest BCUT2D eigenvalue weighted by atomic mass is 10.1. The number of hydrogen-bond acceptors (Lipinski definition) is 3. The Morgan fingerprint density at radius 3 is 2.67 bits per heavy atom. The monoisotopic (exact) mass is 320 g/mol. The van der Waals surface area contributed by atoms with Crippen LogP contribution in [0.15, 0.2) is 41.3 Å². The van der Waals surface area contributed by atoms with Crippen molar-refractivity contribution in [1.29, 1.82) is 0 Å². The van der Waals surface area contributed by atoms with E-state index < -0.39 is 0 Å². The van der Waals surface area contributed by atoms with E-state index in [9.17, 15) is 4.39 Å². The first-order chi connectivity index (χ1) is 10.0. The van der Waals surface area contributed by atoms with Crippen LogP contribution in [-0.4, -0.2) is 10.7 Å². The summed E-state index contributed by atoms with van der Waals surface area (Å²) in [5.41, 5.74) is 8.63. The van der Waals surface area contributed by atoms with Gasteiger partial charge in [-0.05, 0) is 42.5 Å². The third-order valence-corrected chi connectivity index (χ3v) is 4.11. The number of thioether (sulfide) groups is 1. The average Bonchev–Trinajstić information content (AvgIpc) is 2.42. The molecule has 3 N–H and O–H groups in total. The van der Waals surface area contributed by atoms with Crippen LogP contribution in [0.4, 0.5) is 15.8 Å². The topological polar surface area (TPSA) is 38.0 Å². The first-order valence-electron chi connectivity index (χ1n) is 6.61. The largest absolute Gasteiger partial charge is 0.389 e. The van der Waals surface area contributed by atoms with Crippen molar-refractivity contribution in [1.82, 2.24) is 0 Å². The van der Waals surface area contributed by atoms with E-state index in [1.54, 1.807) is 17.8 Å². The molecule has 5 heteroatoms. The summed E-state index contributed by atoms with van der Waals surface area (Å²) in [5, 5.41) is 3.09. The summed E-state index contributed by atoms with van der Waals surface area (Å²) in [4.78, 5) is 1.31. The van der Waals surface area contributed by atoms with Crippen molar-refractivity contribution in [2.45, 2.75) is 18.7 Å². The fraction of sp³-hybridized carbons (Fsp3) is 0.188. The van der Waals surface area contributed by atoms with Crippen LogP contribution in [0.2, 0.25) is 0 Å². The lowest BCUT2D eigenvalue weighted by molar-refractivity contribution is 0.630. The van der Waals surface area contributed by atoms with Crippen molar-refractivity contribution >= 4 is 40.3 Å². The van der Waals surface area contributed by atoms with Gasteiger partial charge < -0.3 is 11.1 Å². The van der Waals surface area contributed by atoms with Gasteiger partial charge in [-0.15, -0.1) is 11.8 Å². The van der Waals surface area contributed by atoms with E-state index in [-0.39, 0.29) is 5.82 Å². The fourth-order valence-electron chi connectivity index (χ4n) is 2.03. The summed E-state index contributed by atoms with van der Waals surface area (Å²) in [7, 11) is 0. The number of nitrogens with two attached hydrogens (primary N) is 1. The Bertz CT molecular complexity index is 671. The molecule has 0 amide bonds. The number of aryl methyl sites for hydroxylation is 1. The van der Waals surface area contributed by atoms with Gasteiger partial charge in [0.2, 0.25) is 0 Å². The number of nitrogens with one attached hydrogen (secondary N) is 1. The maximum Gasteiger partial charge on any atom is 0.146 e. The molecule has 2 rings (SSSR count). The fourth-order valence-corrected chi connectivity index (χ4v) is 3.17. The highest BCUT2D eigenvalue weighted by Gasteiger charge is 2.12. The molecule has 0 aliphatic carbocycles. The van der Waals surface area contributed by atoms with Gasteiger partial charge in [0.05, 0.1) is 5.69 Å². The molecule has 0 aliphatic rings. The summed E-state index contributed by atoms with van der Waals surface area (Å²) in [6.07, 6.45) is 0. The molecule has 0 fully saturated rings. The molecule has 110 valence electrons. The van der Waals surface area contributed by atoms with Crippen LogP contribution in [0.5, 0.6) is 0 Å². The van der Waals surface area contributed by atoms with Crippen LogP contribution < -0.4 is 11.1 Å². The highest BCUT2D eigenvalue weighted by atomic mass is 32.2. The molecule has 0 atom stereocenters. The summed E-state index contributed by atoms with van der Waals surface area (Å²) < 4.78 is 14.0. The van der Waals surface area contributed by atoms with E-state index in [1.165, 1.54) is 6.07 Å². The smallest absolute Gasteiger partial charge is 0.146 e. The first kappa shape index (κ1) is 15.8. The molecule has 0 bridgehead atoms. The highest BCUT2D eigenvalue weighted by molar-refractivity contribution is 7.99. The van der Waals surface area contributed by atoms with Crippen molar-refractivity contribution in [2.24, 2.45) is 5.73 Å². The zero-order valence-corrected chi connectivity index (χ0v) is 13.6. The van der Waals surface area contributed by atoms with E-state index in [0.29, 0.717) is 10.7 Å². The number of hydrogen-bond donors (Lipinski definition) is 2. The minimum atomic E-state index is -0.294. The van der Waals surface area contributed by atoms with Crippen molar-refractivity contribution in [3.8, 4) is 0 Å². The number of benzene rings is 2. The highest BCUT2D eigenvalue weighted by Crippen LogP contribution is 2.31. The van der Waals surface area contributed by atoms with Crippen molar-refractivity contribution in [3.05, 3.63) is 53.3 Å². The van der Waals surface area contributed by atoms with Gasteiger partial charge in [0.1, 0.15) is 10.8 Å². The lowest BCUT2D eigenvalue weighted by Crippen LogP contribution is -2.13. The molecule has 0 aromatic heterocycles. The van der Waals surface area contributed by atoms with Gasteiger partial charge in [-0.25, -0.2) is 4.39 Å². The zero-order chi connectivity index (χ0) is 15.4. The molecule has 0 spiro atoms. The Morgan fingerprint density at radius 1 is 1.29 bits per heavy atom. The number of thiocarbonyl (C=S) groups is 1. The van der Waals surface area contributed by atoms with E-state index in [0.717, 1.165) is 27.5 Å². The molecule has 0 saturated carbocycles. The van der Waals surface area contributed by atoms with Crippen molar-refractivity contribution < 1.29 is 4.39 Å². The van der Waals surface area contributed by atoms with E-state index >= 15 is 0 Å². The van der Waals surface area contributed by atoms with Crippen LogP contribution in [0.3, 0.4) is 0 Å². The van der Waals surface area contributed by atoms with E-state index in [2.05, 4.69) is 12.2 Å². The predicted molar refractivity (Wildman–Crippen MR) is 93.1 cm³/mol. The quantitative estimate of drug-likeness (QED) is 0.622. The molecule has 0 heterocycles. The van der Waals surface area contributed by atoms with Gasteiger partial charge >= 0.3 is 0 Å². The predicted octanol–water partition coefficient (Wildman–Crippen LogP) is 4.62. The molecular weight excluding hydrogens is 303 g/mol. The standard InChI is InChI=1S/C16H17FN2S2/c1-3-21-14-6-4-5-13(15(14)16(18)20)19-12-8-7-10(2)9-11(12)17/h4-9,19H,3H2,1-2H3,(H2,18,20). The summed E-state index contributed by atoms with van der Waals surface area (Å²) in [6, 6.07) is 10.8. The summed E-state index contributed by atoms with van der Waals surface area (Å²) in [5.74, 6) is 0.621. The SMILES string of the molecule is CCSc1cccc(Nc2ccc(C)cc2F)c1C(N)=S. The van der Waals surface area contributed by atoms with Gasteiger partial charge in [0.25, 0.3) is 0 Å². The Labute approximate surface area is 133 Å². The molecule has 2 nitrogen and oxygen atoms in total. The second-order valence-electron chi connectivity index (χ2n) is 4.58. The third-order valence-electron chi connectivity index (χ3n) is 2.97. The maximum atomic E-state index is 14.0. The van der Waals surface area contributed by atoms with Gasteiger partial charge in [0, 0.05) is 16.1 Å². The summed E-state index contributed by atoms with van der Waals surface area (Å²) in [6.45, 7) is 3.92. The van der Waals surface area contributed by atoms with Crippen LogP contribution >= 0.6 is 24.0 Å². The van der Waals surface area contributed by atoms with Gasteiger partial charge in [-0.3, -0.25) is 0 Å². The van der Waals surface area contributed by atoms with E-state index in [1.807, 2.05) is 31.2 Å². The minimum absolute atomic E-state index is 0.294. The molecule has 0 aliphatic heterocycles. The zero-order valence-electron chi connectivity index (χ0n) is 11.9. The Hall–Kier alpha value is -1.59. The van der Waals surface area contributed by atoms with Gasteiger partial charge in [-0.2, -0.15) is 0 Å². The molecule has 2 aromatic carbocycles. The van der Waals surface area contributed by atoms with Crippen LogP contribution in [-0.2, 0) is 0 Å². The maximum absolute atomic E-state index is 14.0. The van der Waals surface area contributed by atoms with Crippen LogP contribution in [0.25, 0.3) is 0 Å². The Morgan fingerprint density at radius 2 is 2.05 bits per heavy atom. The Kier molecular flexibility index (Phi) is 5.20. The van der Waals surface area contributed by atoms with Crippen molar-refractivity contribution in [3.63, 3.8) is 0 Å². The lowest BCUT2D eigenvalue weighted by Gasteiger charge is -2.15. The average molecular weight is 320 g/mol. The van der Waals surface area contributed by atoms with Crippen molar-refractivity contribution in [2.75, 3.05) is 11.1 Å². The molecule has 0 unspecified atom stereocenters. The number of halogens is 1. The molecule has 0 saturated heterocycles. The van der Waals surface area contributed by atoms with Gasteiger partial charge in [0.15, 0.2) is 0 Å². The second-order valence-corrected chi connectivity index (χ2v) is 6.33. The van der Waals surface area contributed by atoms with Crippen LogP contribution in [0, 0.1) is 12.7 Å². The first-order valence-corrected chi connectivity index (χ1v) is 8.01.